The Bertz CT molecular complexity index is 669. The van der Waals surface area contributed by atoms with Gasteiger partial charge in [-0.2, -0.15) is 0 Å². The molecule has 0 radical (unpaired) electrons. The molecule has 0 aliphatic carbocycles. The fourth-order valence-electron chi connectivity index (χ4n) is 1.56. The Kier molecular flexibility index (Phi) is 3.98. The van der Waals surface area contributed by atoms with E-state index in [-0.39, 0.29) is 4.21 Å². The van der Waals surface area contributed by atoms with Crippen molar-refractivity contribution in [2.24, 2.45) is 0 Å². The molecule has 0 fully saturated rings. The van der Waals surface area contributed by atoms with Gasteiger partial charge in [0, 0.05) is 6.04 Å². The molecule has 1 N–H and O–H groups in total. The van der Waals surface area contributed by atoms with Crippen molar-refractivity contribution < 1.29 is 17.2 Å². The molecule has 19 heavy (non-hydrogen) atoms. The van der Waals surface area contributed by atoms with Crippen molar-refractivity contribution in [2.45, 2.75) is 17.2 Å². The maximum absolute atomic E-state index is 13.1. The van der Waals surface area contributed by atoms with E-state index in [0.717, 1.165) is 23.5 Å². The number of sulfonamides is 1. The second-order valence-electron chi connectivity index (χ2n) is 3.95. The van der Waals surface area contributed by atoms with Crippen LogP contribution in [0.25, 0.3) is 0 Å². The van der Waals surface area contributed by atoms with Gasteiger partial charge in [0.25, 0.3) is 10.0 Å². The van der Waals surface area contributed by atoms with E-state index in [0.29, 0.717) is 5.56 Å². The largest absolute Gasteiger partial charge is 0.250 e. The highest BCUT2D eigenvalue weighted by molar-refractivity contribution is 7.91. The summed E-state index contributed by atoms with van der Waals surface area (Å²) in [4.78, 5) is 0. The van der Waals surface area contributed by atoms with Crippen LogP contribution in [0.4, 0.5) is 8.78 Å². The van der Waals surface area contributed by atoms with Crippen LogP contribution < -0.4 is 4.72 Å². The Balaban J connectivity index is 2.21. The highest BCUT2D eigenvalue weighted by Crippen LogP contribution is 2.21. The van der Waals surface area contributed by atoms with Crippen LogP contribution in [0.5, 0.6) is 0 Å². The number of rotatable bonds is 4. The molecule has 1 aromatic carbocycles. The Labute approximate surface area is 114 Å². The molecule has 2 aromatic rings. The molecule has 0 bridgehead atoms. The summed E-state index contributed by atoms with van der Waals surface area (Å²) >= 11 is 1.09. The number of hydrogen-bond donors (Lipinski definition) is 1. The van der Waals surface area contributed by atoms with E-state index in [1.807, 2.05) is 0 Å². The smallest absolute Gasteiger partial charge is 0.206 e. The zero-order valence-corrected chi connectivity index (χ0v) is 11.6. The van der Waals surface area contributed by atoms with E-state index in [2.05, 4.69) is 4.72 Å². The van der Waals surface area contributed by atoms with Gasteiger partial charge in [0.15, 0.2) is 11.6 Å². The molecule has 1 heterocycles. The van der Waals surface area contributed by atoms with Crippen molar-refractivity contribution in [3.8, 4) is 0 Å². The van der Waals surface area contributed by atoms with Crippen molar-refractivity contribution in [3.05, 3.63) is 52.9 Å². The summed E-state index contributed by atoms with van der Waals surface area (Å²) in [6, 6.07) is 5.76. The van der Waals surface area contributed by atoms with Gasteiger partial charge in [0.05, 0.1) is 0 Å². The predicted molar refractivity (Wildman–Crippen MR) is 69.4 cm³/mol. The molecular weight excluding hydrogens is 292 g/mol. The van der Waals surface area contributed by atoms with Gasteiger partial charge in [-0.3, -0.25) is 0 Å². The maximum atomic E-state index is 13.1. The predicted octanol–water partition coefficient (Wildman–Crippen LogP) is 3.07. The van der Waals surface area contributed by atoms with Gasteiger partial charge in [0.1, 0.15) is 4.21 Å². The maximum Gasteiger partial charge on any atom is 0.250 e. The lowest BCUT2D eigenvalue weighted by Crippen LogP contribution is -2.26. The number of thiophene rings is 1. The van der Waals surface area contributed by atoms with Gasteiger partial charge in [0.2, 0.25) is 0 Å². The molecule has 7 heteroatoms. The molecular formula is C12H11F2NO2S2. The monoisotopic (exact) mass is 303 g/mol. The summed E-state index contributed by atoms with van der Waals surface area (Å²) in [5.41, 5.74) is 0.360. The van der Waals surface area contributed by atoms with E-state index in [9.17, 15) is 17.2 Å². The van der Waals surface area contributed by atoms with Crippen LogP contribution >= 0.6 is 11.3 Å². The number of benzene rings is 1. The number of nitrogens with one attached hydrogen (secondary N) is 1. The van der Waals surface area contributed by atoms with Gasteiger partial charge >= 0.3 is 0 Å². The van der Waals surface area contributed by atoms with Crippen LogP contribution in [0.2, 0.25) is 0 Å². The Hall–Kier alpha value is -1.31. The molecule has 0 amide bonds. The quantitative estimate of drug-likeness (QED) is 0.943. The van der Waals surface area contributed by atoms with Crippen molar-refractivity contribution in [3.63, 3.8) is 0 Å². The average Bonchev–Trinajstić information content (AvgIpc) is 2.86. The zero-order chi connectivity index (χ0) is 14.0. The van der Waals surface area contributed by atoms with Crippen molar-refractivity contribution in [2.75, 3.05) is 0 Å². The topological polar surface area (TPSA) is 46.2 Å². The standard InChI is InChI=1S/C12H11F2NO2S2/c1-8(9-4-5-10(13)11(14)7-9)15-19(16,17)12-3-2-6-18-12/h2-8,15H,1H3. The van der Waals surface area contributed by atoms with Gasteiger partial charge in [-0.05, 0) is 36.1 Å². The van der Waals surface area contributed by atoms with E-state index in [4.69, 9.17) is 0 Å². The van der Waals surface area contributed by atoms with Crippen LogP contribution in [0.1, 0.15) is 18.5 Å². The SMILES string of the molecule is CC(NS(=O)(=O)c1cccs1)c1ccc(F)c(F)c1. The first kappa shape index (κ1) is 14.1. The molecule has 0 aliphatic heterocycles. The van der Waals surface area contributed by atoms with Crippen molar-refractivity contribution in [1.29, 1.82) is 0 Å². The normalized spacial score (nSPS) is 13.4. The lowest BCUT2D eigenvalue weighted by Gasteiger charge is -2.14. The molecule has 3 nitrogen and oxygen atoms in total. The zero-order valence-electron chi connectivity index (χ0n) is 9.93. The minimum absolute atomic E-state index is 0.182. The van der Waals surface area contributed by atoms with Crippen LogP contribution in [0.3, 0.4) is 0 Å². The third-order valence-electron chi connectivity index (χ3n) is 2.54. The molecule has 0 spiro atoms. The van der Waals surface area contributed by atoms with Crippen molar-refractivity contribution >= 4 is 21.4 Å². The lowest BCUT2D eigenvalue weighted by atomic mass is 10.1. The first-order valence-electron chi connectivity index (χ1n) is 5.41. The fraction of sp³-hybridized carbons (Fsp3) is 0.167. The summed E-state index contributed by atoms with van der Waals surface area (Å²) in [5.74, 6) is -1.96. The van der Waals surface area contributed by atoms with Crippen LogP contribution in [-0.2, 0) is 10.0 Å². The first-order valence-corrected chi connectivity index (χ1v) is 7.77. The fourth-order valence-corrected chi connectivity index (χ4v) is 3.80. The second-order valence-corrected chi connectivity index (χ2v) is 6.84. The van der Waals surface area contributed by atoms with E-state index in [1.54, 1.807) is 18.4 Å². The van der Waals surface area contributed by atoms with Gasteiger partial charge in [-0.1, -0.05) is 12.1 Å². The van der Waals surface area contributed by atoms with Crippen LogP contribution in [-0.4, -0.2) is 8.42 Å². The summed E-state index contributed by atoms with van der Waals surface area (Å²) in [6.45, 7) is 1.57. The summed E-state index contributed by atoms with van der Waals surface area (Å²) in [6.07, 6.45) is 0. The molecule has 1 atom stereocenters. The molecule has 0 aliphatic rings. The highest BCUT2D eigenvalue weighted by atomic mass is 32.2. The Morgan fingerprint density at radius 2 is 1.95 bits per heavy atom. The third-order valence-corrected chi connectivity index (χ3v) is 5.47. The van der Waals surface area contributed by atoms with Gasteiger partial charge < -0.3 is 0 Å². The van der Waals surface area contributed by atoms with Crippen LogP contribution in [0, 0.1) is 11.6 Å². The molecule has 1 unspecified atom stereocenters. The van der Waals surface area contributed by atoms with E-state index in [1.165, 1.54) is 12.1 Å². The van der Waals surface area contributed by atoms with Crippen LogP contribution in [0.15, 0.2) is 39.9 Å². The summed E-state index contributed by atoms with van der Waals surface area (Å²) < 4.78 is 52.4. The van der Waals surface area contributed by atoms with E-state index >= 15 is 0 Å². The molecule has 0 saturated carbocycles. The highest BCUT2D eigenvalue weighted by Gasteiger charge is 2.19. The molecule has 102 valence electrons. The van der Waals surface area contributed by atoms with Crippen molar-refractivity contribution in [1.82, 2.24) is 4.72 Å². The van der Waals surface area contributed by atoms with Gasteiger partial charge in [-0.15, -0.1) is 11.3 Å². The molecule has 0 saturated heterocycles. The first-order chi connectivity index (χ1) is 8.90. The number of hydrogen-bond acceptors (Lipinski definition) is 3. The minimum atomic E-state index is -3.63. The average molecular weight is 303 g/mol. The number of halogens is 2. The van der Waals surface area contributed by atoms with Gasteiger partial charge in [-0.25, -0.2) is 21.9 Å². The van der Waals surface area contributed by atoms with E-state index < -0.39 is 27.7 Å². The lowest BCUT2D eigenvalue weighted by molar-refractivity contribution is 0.504. The Morgan fingerprint density at radius 1 is 1.21 bits per heavy atom. The minimum Gasteiger partial charge on any atom is -0.206 e. The molecule has 1 aromatic heterocycles. The molecule has 2 rings (SSSR count). The summed E-state index contributed by atoms with van der Waals surface area (Å²) in [5, 5.41) is 1.65. The Morgan fingerprint density at radius 3 is 2.53 bits per heavy atom. The summed E-state index contributed by atoms with van der Waals surface area (Å²) in [7, 11) is -3.63. The second kappa shape index (κ2) is 5.36. The third kappa shape index (κ3) is 3.17.